The summed E-state index contributed by atoms with van der Waals surface area (Å²) in [5, 5.41) is 8.85. The van der Waals surface area contributed by atoms with Crippen molar-refractivity contribution in [2.45, 2.75) is 52.1 Å². The molecule has 0 aliphatic heterocycles. The topological polar surface area (TPSA) is 57.5 Å². The van der Waals surface area contributed by atoms with E-state index in [1.54, 1.807) is 0 Å². The van der Waals surface area contributed by atoms with Gasteiger partial charge in [-0.1, -0.05) is 32.6 Å². The molecular weight excluding hydrogens is 192 g/mol. The molecule has 0 saturated heterocycles. The Morgan fingerprint density at radius 3 is 2.17 bits per heavy atom. The van der Waals surface area contributed by atoms with Gasteiger partial charge in [-0.25, -0.2) is 0 Å². The Labute approximate surface area is 83.9 Å². The molecule has 0 radical (unpaired) electrons. The molecule has 1 unspecified atom stereocenters. The van der Waals surface area contributed by atoms with Crippen LogP contribution in [0.5, 0.6) is 0 Å². The number of aliphatic hydroxyl groups excluding tert-OH is 1. The first kappa shape index (κ1) is 14.9. The molecule has 4 heteroatoms. The quantitative estimate of drug-likeness (QED) is 0.537. The third-order valence-electron chi connectivity index (χ3n) is 1.48. The summed E-state index contributed by atoms with van der Waals surface area (Å²) >= 11 is -1.75. The van der Waals surface area contributed by atoms with E-state index in [1.807, 2.05) is 6.92 Å². The molecule has 0 aliphatic rings. The van der Waals surface area contributed by atoms with Crippen LogP contribution in [0.3, 0.4) is 0 Å². The van der Waals surface area contributed by atoms with Gasteiger partial charge in [-0.2, -0.15) is 0 Å². The molecule has 0 saturated carbocycles. The third kappa shape index (κ3) is 22.4. The second-order valence-corrected chi connectivity index (χ2v) is 3.07. The number of unbranched alkanes of at least 4 members (excludes halogenated alkanes) is 3. The van der Waals surface area contributed by atoms with Crippen molar-refractivity contribution in [2.75, 3.05) is 0 Å². The van der Waals surface area contributed by atoms with Crippen LogP contribution in [0.1, 0.15) is 46.0 Å². The van der Waals surface area contributed by atoms with Crippen LogP contribution in [0, 0.1) is 0 Å². The Bertz CT molecular complexity index is 86.4. The average Bonchev–Trinajstić information content (AvgIpc) is 1.99. The molecule has 2 N–H and O–H groups in total. The van der Waals surface area contributed by atoms with E-state index in [4.69, 9.17) is 12.1 Å². The molecule has 0 aromatic carbocycles. The van der Waals surface area contributed by atoms with Gasteiger partial charge >= 0.3 is 26.5 Å². The van der Waals surface area contributed by atoms with Crippen LogP contribution in [-0.2, 0) is 22.8 Å². The SMILES string of the molecule is CCCCCCC(C)O.[O]=[Ti][OH]. The summed E-state index contributed by atoms with van der Waals surface area (Å²) in [6, 6.07) is 0. The van der Waals surface area contributed by atoms with Crippen LogP contribution in [0.2, 0.25) is 0 Å². The van der Waals surface area contributed by atoms with Gasteiger partial charge in [0.25, 0.3) is 0 Å². The van der Waals surface area contributed by atoms with Gasteiger partial charge in [-0.3, -0.25) is 0 Å². The maximum atomic E-state index is 8.85. The standard InChI is InChI=1S/C8H18O.H2O.O.Ti/c1-3-4-5-6-7-8(2)9;;;/h8-9H,3-7H2,1-2H3;1H2;;/q;;;+1/p-1. The monoisotopic (exact) mass is 211 g/mol. The Kier molecular flexibility index (Phi) is 17.4. The van der Waals surface area contributed by atoms with Crippen molar-refractivity contribution >= 4 is 0 Å². The van der Waals surface area contributed by atoms with Gasteiger partial charge in [0.1, 0.15) is 0 Å². The van der Waals surface area contributed by atoms with Gasteiger partial charge < -0.3 is 5.11 Å². The van der Waals surface area contributed by atoms with Gasteiger partial charge in [-0.05, 0) is 13.3 Å². The molecule has 1 atom stereocenters. The molecule has 73 valence electrons. The number of hydrogen-bond acceptors (Lipinski definition) is 2. The van der Waals surface area contributed by atoms with Gasteiger partial charge in [0, 0.05) is 0 Å². The molecule has 0 spiro atoms. The Hall–Kier alpha value is 0.434. The fraction of sp³-hybridized carbons (Fsp3) is 1.00. The van der Waals surface area contributed by atoms with Crippen molar-refractivity contribution in [3.05, 3.63) is 0 Å². The van der Waals surface area contributed by atoms with Gasteiger partial charge in [0.05, 0.1) is 6.10 Å². The van der Waals surface area contributed by atoms with E-state index in [0.29, 0.717) is 0 Å². The predicted octanol–water partition coefficient (Wildman–Crippen LogP) is 1.66. The van der Waals surface area contributed by atoms with E-state index < -0.39 is 19.5 Å². The van der Waals surface area contributed by atoms with Gasteiger partial charge in [0.2, 0.25) is 0 Å². The second-order valence-electron chi connectivity index (χ2n) is 2.79. The van der Waals surface area contributed by atoms with Crippen LogP contribution < -0.4 is 0 Å². The molecule has 0 aromatic rings. The fourth-order valence-corrected chi connectivity index (χ4v) is 0.867. The fourth-order valence-electron chi connectivity index (χ4n) is 0.867. The third-order valence-corrected chi connectivity index (χ3v) is 1.48. The first-order valence-corrected chi connectivity index (χ1v) is 5.71. The van der Waals surface area contributed by atoms with Crippen LogP contribution in [0.25, 0.3) is 0 Å². The summed E-state index contributed by atoms with van der Waals surface area (Å²) in [4.78, 5) is 0. The zero-order valence-electron chi connectivity index (χ0n) is 7.92. The molecule has 0 aliphatic carbocycles. The normalized spacial score (nSPS) is 11.0. The van der Waals surface area contributed by atoms with E-state index in [0.717, 1.165) is 6.42 Å². The van der Waals surface area contributed by atoms with Crippen molar-refractivity contribution < 1.29 is 31.6 Å². The van der Waals surface area contributed by atoms with Gasteiger partial charge in [0.15, 0.2) is 0 Å². The number of aliphatic hydroxyl groups is 1. The summed E-state index contributed by atoms with van der Waals surface area (Å²) in [7, 11) is 0. The molecule has 0 rings (SSSR count). The maximum absolute atomic E-state index is 8.85. The minimum atomic E-state index is -1.75. The van der Waals surface area contributed by atoms with Crippen LogP contribution >= 0.6 is 0 Å². The Balaban J connectivity index is 0. The van der Waals surface area contributed by atoms with E-state index in [9.17, 15) is 0 Å². The van der Waals surface area contributed by atoms with Crippen molar-refractivity contribution in [1.29, 1.82) is 0 Å². The summed E-state index contributed by atoms with van der Waals surface area (Å²) in [6.07, 6.45) is 5.93. The van der Waals surface area contributed by atoms with E-state index >= 15 is 0 Å². The molecule has 0 bridgehead atoms. The van der Waals surface area contributed by atoms with Crippen LogP contribution in [0.4, 0.5) is 0 Å². The predicted molar refractivity (Wildman–Crippen MR) is 43.3 cm³/mol. The molecule has 0 fully saturated rings. The van der Waals surface area contributed by atoms with Crippen molar-refractivity contribution in [3.8, 4) is 0 Å². The van der Waals surface area contributed by atoms with Crippen molar-refractivity contribution in [1.82, 2.24) is 0 Å². The van der Waals surface area contributed by atoms with E-state index in [1.165, 1.54) is 25.7 Å². The molecule has 12 heavy (non-hydrogen) atoms. The summed E-state index contributed by atoms with van der Waals surface area (Å²) in [5.41, 5.74) is 0. The van der Waals surface area contributed by atoms with Crippen molar-refractivity contribution in [3.63, 3.8) is 0 Å². The molecular formula is C8H19O3Ti. The zero-order valence-corrected chi connectivity index (χ0v) is 9.48. The number of hydrogen-bond donors (Lipinski definition) is 2. The number of rotatable bonds is 5. The summed E-state index contributed by atoms with van der Waals surface area (Å²) in [6.45, 7) is 4.05. The Morgan fingerprint density at radius 1 is 1.33 bits per heavy atom. The molecule has 0 aromatic heterocycles. The van der Waals surface area contributed by atoms with E-state index in [2.05, 4.69) is 6.92 Å². The van der Waals surface area contributed by atoms with Crippen LogP contribution in [0.15, 0.2) is 0 Å². The summed E-state index contributed by atoms with van der Waals surface area (Å²) < 4.78 is 15.8. The first-order valence-electron chi connectivity index (χ1n) is 4.38. The molecule has 3 nitrogen and oxygen atoms in total. The zero-order chi connectivity index (χ0) is 9.82. The van der Waals surface area contributed by atoms with Crippen LogP contribution in [-0.4, -0.2) is 14.9 Å². The average molecular weight is 211 g/mol. The Morgan fingerprint density at radius 2 is 1.83 bits per heavy atom. The molecule has 0 heterocycles. The first-order chi connectivity index (χ1) is 5.68. The second kappa shape index (κ2) is 14.0. The minimum absolute atomic E-state index is 0.0955. The van der Waals surface area contributed by atoms with Crippen molar-refractivity contribution in [2.24, 2.45) is 0 Å². The van der Waals surface area contributed by atoms with E-state index in [-0.39, 0.29) is 6.10 Å². The molecule has 0 amide bonds. The summed E-state index contributed by atoms with van der Waals surface area (Å²) in [5.74, 6) is 0. The van der Waals surface area contributed by atoms with Gasteiger partial charge in [-0.15, -0.1) is 0 Å².